The van der Waals surface area contributed by atoms with Gasteiger partial charge in [0, 0.05) is 6.54 Å². The number of aliphatic hydroxyl groups excluding tert-OH is 2. The van der Waals surface area contributed by atoms with E-state index < -0.39 is 30.0 Å². The second kappa shape index (κ2) is 13.5. The molecule has 31 heavy (non-hydrogen) atoms. The highest BCUT2D eigenvalue weighted by Crippen LogP contribution is 2.12. The quantitative estimate of drug-likeness (QED) is 0.121. The number of carbonyl (C=O) groups excluding carboxylic acids is 2. The van der Waals surface area contributed by atoms with Gasteiger partial charge in [-0.05, 0) is 49.3 Å². The number of aliphatic imine (C=N–C) groups is 1. The summed E-state index contributed by atoms with van der Waals surface area (Å²) in [4.78, 5) is 28.9. The SMILES string of the molecule is CC(C)[C@@H](NC(=O)[C@@H](O)CCc1ccc(O)cc1)C(=O)N[C@H](CO)CCCN=C(N)N. The summed E-state index contributed by atoms with van der Waals surface area (Å²) >= 11 is 0. The van der Waals surface area contributed by atoms with Crippen molar-refractivity contribution in [3.63, 3.8) is 0 Å². The zero-order chi connectivity index (χ0) is 23.4. The zero-order valence-electron chi connectivity index (χ0n) is 18.1. The Kier molecular flexibility index (Phi) is 11.4. The van der Waals surface area contributed by atoms with Crippen molar-refractivity contribution in [2.24, 2.45) is 22.4 Å². The molecular weight excluding hydrogens is 402 g/mol. The number of amides is 2. The van der Waals surface area contributed by atoms with Crippen LogP contribution in [0.25, 0.3) is 0 Å². The fraction of sp³-hybridized carbons (Fsp3) is 0.571. The summed E-state index contributed by atoms with van der Waals surface area (Å²) in [6, 6.07) is 5.15. The number of nitrogens with zero attached hydrogens (tertiary/aromatic N) is 1. The fourth-order valence-electron chi connectivity index (χ4n) is 2.93. The van der Waals surface area contributed by atoms with Crippen molar-refractivity contribution < 1.29 is 24.9 Å². The van der Waals surface area contributed by atoms with Gasteiger partial charge in [0.2, 0.25) is 11.8 Å². The molecule has 0 aliphatic carbocycles. The Morgan fingerprint density at radius 2 is 1.71 bits per heavy atom. The smallest absolute Gasteiger partial charge is 0.249 e. The maximum absolute atomic E-state index is 12.7. The normalized spacial score (nSPS) is 13.8. The number of aromatic hydroxyl groups is 1. The topological polar surface area (TPSA) is 183 Å². The molecule has 1 aromatic rings. The van der Waals surface area contributed by atoms with Crippen LogP contribution in [0.3, 0.4) is 0 Å². The first-order valence-electron chi connectivity index (χ1n) is 10.4. The Bertz CT molecular complexity index is 719. The molecule has 10 heteroatoms. The third-order valence-corrected chi connectivity index (χ3v) is 4.76. The lowest BCUT2D eigenvalue weighted by Gasteiger charge is -2.25. The number of nitrogens with two attached hydrogens (primary N) is 2. The predicted molar refractivity (Wildman–Crippen MR) is 118 cm³/mol. The minimum atomic E-state index is -1.28. The molecule has 0 fully saturated rings. The first-order valence-corrected chi connectivity index (χ1v) is 10.4. The highest BCUT2D eigenvalue weighted by molar-refractivity contribution is 5.89. The number of guanidine groups is 1. The number of phenols is 1. The molecule has 0 aliphatic rings. The summed E-state index contributed by atoms with van der Waals surface area (Å²) < 4.78 is 0. The number of hydrogen-bond acceptors (Lipinski definition) is 6. The molecule has 0 aliphatic heterocycles. The lowest BCUT2D eigenvalue weighted by Crippen LogP contribution is -2.54. The molecule has 1 rings (SSSR count). The number of aliphatic hydroxyl groups is 2. The van der Waals surface area contributed by atoms with E-state index in [2.05, 4.69) is 15.6 Å². The number of carbonyl (C=O) groups is 2. The molecule has 10 nitrogen and oxygen atoms in total. The van der Waals surface area contributed by atoms with E-state index in [0.29, 0.717) is 25.8 Å². The van der Waals surface area contributed by atoms with Crippen LogP contribution in [0, 0.1) is 5.92 Å². The third-order valence-electron chi connectivity index (χ3n) is 4.76. The molecule has 0 aromatic heterocycles. The molecule has 0 unspecified atom stereocenters. The predicted octanol–water partition coefficient (Wildman–Crippen LogP) is -0.643. The minimum Gasteiger partial charge on any atom is -0.508 e. The van der Waals surface area contributed by atoms with Crippen LogP contribution in [0.15, 0.2) is 29.3 Å². The number of phenolic OH excluding ortho intramolecular Hbond substituents is 1. The number of rotatable bonds is 13. The van der Waals surface area contributed by atoms with Crippen LogP contribution in [0.2, 0.25) is 0 Å². The van der Waals surface area contributed by atoms with E-state index in [-0.39, 0.29) is 30.7 Å². The van der Waals surface area contributed by atoms with Crippen LogP contribution < -0.4 is 22.1 Å². The molecular formula is C21H35N5O5. The van der Waals surface area contributed by atoms with Gasteiger partial charge in [-0.2, -0.15) is 0 Å². The molecule has 174 valence electrons. The maximum atomic E-state index is 12.7. The van der Waals surface area contributed by atoms with Crippen molar-refractivity contribution in [2.45, 2.75) is 57.7 Å². The van der Waals surface area contributed by atoms with E-state index in [0.717, 1.165) is 5.56 Å². The highest BCUT2D eigenvalue weighted by Gasteiger charge is 2.28. The van der Waals surface area contributed by atoms with Gasteiger partial charge in [0.05, 0.1) is 12.6 Å². The Morgan fingerprint density at radius 1 is 1.06 bits per heavy atom. The summed E-state index contributed by atoms with van der Waals surface area (Å²) in [5, 5.41) is 34.3. The fourth-order valence-corrected chi connectivity index (χ4v) is 2.93. The van der Waals surface area contributed by atoms with E-state index in [1.165, 1.54) is 12.1 Å². The molecule has 2 amide bonds. The summed E-state index contributed by atoms with van der Waals surface area (Å²) in [5.41, 5.74) is 11.4. The summed E-state index contributed by atoms with van der Waals surface area (Å²) in [6.45, 7) is 3.67. The van der Waals surface area contributed by atoms with Crippen LogP contribution in [-0.4, -0.2) is 64.4 Å². The molecule has 0 heterocycles. The van der Waals surface area contributed by atoms with Crippen LogP contribution in [0.1, 0.15) is 38.7 Å². The van der Waals surface area contributed by atoms with Gasteiger partial charge in [0.15, 0.2) is 5.96 Å². The maximum Gasteiger partial charge on any atom is 0.249 e. The van der Waals surface area contributed by atoms with Crippen molar-refractivity contribution in [3.05, 3.63) is 29.8 Å². The zero-order valence-corrected chi connectivity index (χ0v) is 18.1. The van der Waals surface area contributed by atoms with E-state index in [4.69, 9.17) is 11.5 Å². The number of aryl methyl sites for hydroxylation is 1. The monoisotopic (exact) mass is 437 g/mol. The van der Waals surface area contributed by atoms with Gasteiger partial charge in [-0.1, -0.05) is 26.0 Å². The number of hydrogen-bond donors (Lipinski definition) is 7. The van der Waals surface area contributed by atoms with Crippen LogP contribution in [-0.2, 0) is 16.0 Å². The largest absolute Gasteiger partial charge is 0.508 e. The van der Waals surface area contributed by atoms with Gasteiger partial charge in [0.25, 0.3) is 0 Å². The lowest BCUT2D eigenvalue weighted by atomic mass is 10.0. The van der Waals surface area contributed by atoms with Gasteiger partial charge in [0.1, 0.15) is 17.9 Å². The molecule has 0 radical (unpaired) electrons. The average molecular weight is 438 g/mol. The van der Waals surface area contributed by atoms with E-state index in [1.807, 2.05) is 0 Å². The molecule has 0 saturated carbocycles. The van der Waals surface area contributed by atoms with Gasteiger partial charge in [-0.3, -0.25) is 14.6 Å². The standard InChI is InChI=1S/C21H35N5O5/c1-13(2)18(20(31)25-15(12-27)4-3-11-24-21(22)23)26-19(30)17(29)10-7-14-5-8-16(28)9-6-14/h5-6,8-9,13,15,17-18,27-29H,3-4,7,10-12H2,1-2H3,(H,25,31)(H,26,30)(H4,22,23,24)/t15-,17-,18+/m0/s1. The minimum absolute atomic E-state index is 0.0175. The van der Waals surface area contributed by atoms with Gasteiger partial charge < -0.3 is 37.4 Å². The van der Waals surface area contributed by atoms with Gasteiger partial charge in [-0.15, -0.1) is 0 Å². The first kappa shape index (κ1) is 26.2. The third kappa shape index (κ3) is 10.1. The highest BCUT2D eigenvalue weighted by atomic mass is 16.3. The van der Waals surface area contributed by atoms with Gasteiger partial charge in [-0.25, -0.2) is 0 Å². The van der Waals surface area contributed by atoms with Crippen molar-refractivity contribution in [1.29, 1.82) is 0 Å². The Labute approximate surface area is 182 Å². The van der Waals surface area contributed by atoms with Crippen LogP contribution in [0.5, 0.6) is 5.75 Å². The second-order valence-corrected chi connectivity index (χ2v) is 7.79. The lowest BCUT2D eigenvalue weighted by molar-refractivity contribution is -0.135. The Morgan fingerprint density at radius 3 is 2.26 bits per heavy atom. The molecule has 9 N–H and O–H groups in total. The molecule has 0 saturated heterocycles. The summed E-state index contributed by atoms with van der Waals surface area (Å²) in [5.74, 6) is -1.17. The van der Waals surface area contributed by atoms with Crippen molar-refractivity contribution >= 4 is 17.8 Å². The number of nitrogens with one attached hydrogen (secondary N) is 2. The summed E-state index contributed by atoms with van der Waals surface area (Å²) in [7, 11) is 0. The van der Waals surface area contributed by atoms with Crippen molar-refractivity contribution in [3.8, 4) is 5.75 Å². The first-order chi connectivity index (χ1) is 14.6. The van der Waals surface area contributed by atoms with E-state index in [9.17, 15) is 24.9 Å². The second-order valence-electron chi connectivity index (χ2n) is 7.79. The Balaban J connectivity index is 2.57. The van der Waals surface area contributed by atoms with Crippen molar-refractivity contribution in [2.75, 3.05) is 13.2 Å². The van der Waals surface area contributed by atoms with E-state index >= 15 is 0 Å². The number of benzene rings is 1. The summed E-state index contributed by atoms with van der Waals surface area (Å²) in [6.07, 6.45) is 0.365. The van der Waals surface area contributed by atoms with Gasteiger partial charge >= 0.3 is 0 Å². The molecule has 0 bridgehead atoms. The Hall–Kier alpha value is -2.85. The molecule has 3 atom stereocenters. The average Bonchev–Trinajstić information content (AvgIpc) is 2.72. The molecule has 1 aromatic carbocycles. The molecule has 0 spiro atoms. The van der Waals surface area contributed by atoms with E-state index in [1.54, 1.807) is 26.0 Å². The van der Waals surface area contributed by atoms with Crippen molar-refractivity contribution in [1.82, 2.24) is 10.6 Å². The van der Waals surface area contributed by atoms with Crippen LogP contribution in [0.4, 0.5) is 0 Å². The van der Waals surface area contributed by atoms with Crippen LogP contribution >= 0.6 is 0 Å².